The molecule has 19 heavy (non-hydrogen) atoms. The number of aromatic carboxylic acids is 1. The first-order valence-electron chi connectivity index (χ1n) is 6.79. The molecule has 0 bridgehead atoms. The zero-order valence-electron chi connectivity index (χ0n) is 10.8. The maximum Gasteiger partial charge on any atom is 0.358 e. The molecule has 6 heteroatoms. The molecule has 0 spiro atoms. The Balaban J connectivity index is 1.81. The first-order chi connectivity index (χ1) is 9.25. The molecule has 6 nitrogen and oxygen atoms in total. The third-order valence-corrected chi connectivity index (χ3v) is 4.02. The Kier molecular flexibility index (Phi) is 3.33. The van der Waals surface area contributed by atoms with Gasteiger partial charge in [0.25, 0.3) is 0 Å². The second-order valence-corrected chi connectivity index (χ2v) is 5.17. The lowest BCUT2D eigenvalue weighted by atomic mass is 9.99. The highest BCUT2D eigenvalue weighted by Crippen LogP contribution is 2.25. The van der Waals surface area contributed by atoms with Gasteiger partial charge in [0.1, 0.15) is 0 Å². The number of rotatable bonds is 2. The van der Waals surface area contributed by atoms with E-state index in [-0.39, 0.29) is 5.69 Å². The van der Waals surface area contributed by atoms with E-state index in [1.54, 1.807) is 6.20 Å². The normalized spacial score (nSPS) is 24.0. The Bertz CT molecular complexity index is 479. The number of carbonyl (C=O) groups is 1. The molecule has 1 atom stereocenters. The van der Waals surface area contributed by atoms with Crippen molar-refractivity contribution in [2.45, 2.75) is 25.3 Å². The van der Waals surface area contributed by atoms with Crippen LogP contribution >= 0.6 is 0 Å². The molecular weight excluding hydrogens is 244 g/mol. The molecule has 1 aromatic rings. The van der Waals surface area contributed by atoms with E-state index in [2.05, 4.69) is 19.8 Å². The molecule has 2 aliphatic heterocycles. The Morgan fingerprint density at radius 2 is 2.05 bits per heavy atom. The minimum absolute atomic E-state index is 0.0618. The molecule has 2 aliphatic rings. The van der Waals surface area contributed by atoms with Crippen molar-refractivity contribution in [2.24, 2.45) is 0 Å². The average molecular weight is 262 g/mol. The van der Waals surface area contributed by atoms with Crippen molar-refractivity contribution in [1.29, 1.82) is 0 Å². The van der Waals surface area contributed by atoms with Gasteiger partial charge in [-0.1, -0.05) is 6.42 Å². The summed E-state index contributed by atoms with van der Waals surface area (Å²) >= 11 is 0. The van der Waals surface area contributed by atoms with E-state index in [0.29, 0.717) is 11.9 Å². The Labute approximate surface area is 112 Å². The van der Waals surface area contributed by atoms with Crippen molar-refractivity contribution in [3.63, 3.8) is 0 Å². The van der Waals surface area contributed by atoms with Gasteiger partial charge >= 0.3 is 5.97 Å². The first kappa shape index (κ1) is 12.3. The Morgan fingerprint density at radius 3 is 2.89 bits per heavy atom. The number of piperidine rings is 1. The monoisotopic (exact) mass is 262 g/mol. The van der Waals surface area contributed by atoms with Crippen LogP contribution in [0.4, 0.5) is 5.82 Å². The largest absolute Gasteiger partial charge is 0.476 e. The molecule has 3 rings (SSSR count). The molecule has 0 aliphatic carbocycles. The Morgan fingerprint density at radius 1 is 1.21 bits per heavy atom. The van der Waals surface area contributed by atoms with Gasteiger partial charge in [-0.15, -0.1) is 0 Å². The molecule has 102 valence electrons. The van der Waals surface area contributed by atoms with E-state index >= 15 is 0 Å². The molecule has 1 aromatic heterocycles. The second kappa shape index (κ2) is 5.13. The van der Waals surface area contributed by atoms with E-state index in [1.807, 2.05) is 0 Å². The zero-order chi connectivity index (χ0) is 13.2. The fourth-order valence-electron chi connectivity index (χ4n) is 3.06. The number of carboxylic acid groups (broad SMARTS) is 1. The lowest BCUT2D eigenvalue weighted by Crippen LogP contribution is -2.55. The van der Waals surface area contributed by atoms with E-state index in [1.165, 1.54) is 32.0 Å². The minimum Gasteiger partial charge on any atom is -0.476 e. The topological polar surface area (TPSA) is 69.6 Å². The second-order valence-electron chi connectivity index (χ2n) is 5.17. The summed E-state index contributed by atoms with van der Waals surface area (Å²) in [6.07, 6.45) is 6.74. The number of aromatic nitrogens is 2. The van der Waals surface area contributed by atoms with E-state index in [9.17, 15) is 9.90 Å². The zero-order valence-corrected chi connectivity index (χ0v) is 10.8. The lowest BCUT2D eigenvalue weighted by molar-refractivity contribution is 0.0690. The number of hydrogen-bond acceptors (Lipinski definition) is 5. The molecular formula is C13H18N4O2. The van der Waals surface area contributed by atoms with E-state index in [4.69, 9.17) is 0 Å². The molecule has 0 amide bonds. The number of fused-ring (bicyclic) bond motifs is 1. The van der Waals surface area contributed by atoms with Crippen molar-refractivity contribution in [1.82, 2.24) is 14.9 Å². The molecule has 1 unspecified atom stereocenters. The summed E-state index contributed by atoms with van der Waals surface area (Å²) in [5.74, 6) is -0.491. The number of anilines is 1. The van der Waals surface area contributed by atoms with Gasteiger partial charge in [0.15, 0.2) is 11.5 Å². The van der Waals surface area contributed by atoms with Gasteiger partial charge in [0.2, 0.25) is 0 Å². The van der Waals surface area contributed by atoms with Crippen LogP contribution in [0.1, 0.15) is 29.8 Å². The van der Waals surface area contributed by atoms with Gasteiger partial charge in [-0.05, 0) is 19.4 Å². The average Bonchev–Trinajstić information content (AvgIpc) is 2.46. The highest BCUT2D eigenvalue weighted by molar-refractivity contribution is 5.90. The number of carboxylic acids is 1. The van der Waals surface area contributed by atoms with Crippen molar-refractivity contribution in [3.05, 3.63) is 18.1 Å². The first-order valence-corrected chi connectivity index (χ1v) is 6.79. The third-order valence-electron chi connectivity index (χ3n) is 4.02. The summed E-state index contributed by atoms with van der Waals surface area (Å²) in [6.45, 7) is 3.85. The van der Waals surface area contributed by atoms with Crippen LogP contribution in [0.3, 0.4) is 0 Å². The summed E-state index contributed by atoms with van der Waals surface area (Å²) in [5, 5.41) is 9.19. The van der Waals surface area contributed by atoms with Crippen molar-refractivity contribution in [2.75, 3.05) is 31.1 Å². The maximum absolute atomic E-state index is 11.2. The van der Waals surface area contributed by atoms with E-state index < -0.39 is 5.97 Å². The van der Waals surface area contributed by atoms with Gasteiger partial charge < -0.3 is 10.0 Å². The fraction of sp³-hybridized carbons (Fsp3) is 0.615. The summed E-state index contributed by atoms with van der Waals surface area (Å²) in [5.41, 5.74) is 0.0618. The van der Waals surface area contributed by atoms with Gasteiger partial charge in [-0.25, -0.2) is 14.8 Å². The van der Waals surface area contributed by atoms with Gasteiger partial charge in [0.05, 0.1) is 0 Å². The van der Waals surface area contributed by atoms with Crippen LogP contribution in [-0.4, -0.2) is 58.2 Å². The van der Waals surface area contributed by atoms with Crippen LogP contribution < -0.4 is 4.90 Å². The summed E-state index contributed by atoms with van der Waals surface area (Å²) in [7, 11) is 0. The third kappa shape index (κ3) is 2.40. The van der Waals surface area contributed by atoms with E-state index in [0.717, 1.165) is 19.6 Å². The van der Waals surface area contributed by atoms with Crippen LogP contribution in [0.5, 0.6) is 0 Å². The Hall–Kier alpha value is -1.69. The number of nitrogens with zero attached hydrogens (tertiary/aromatic N) is 4. The van der Waals surface area contributed by atoms with Gasteiger partial charge in [-0.3, -0.25) is 4.90 Å². The molecule has 0 aromatic carbocycles. The molecule has 1 N–H and O–H groups in total. The van der Waals surface area contributed by atoms with Crippen LogP contribution in [0.2, 0.25) is 0 Å². The number of piperazine rings is 1. The summed E-state index contributed by atoms with van der Waals surface area (Å²) in [4.78, 5) is 24.0. The van der Waals surface area contributed by atoms with Gasteiger partial charge in [-0.2, -0.15) is 0 Å². The lowest BCUT2D eigenvalue weighted by Gasteiger charge is -2.44. The van der Waals surface area contributed by atoms with Crippen LogP contribution in [0.25, 0.3) is 0 Å². The smallest absolute Gasteiger partial charge is 0.358 e. The quantitative estimate of drug-likeness (QED) is 0.852. The van der Waals surface area contributed by atoms with Crippen molar-refractivity contribution < 1.29 is 9.90 Å². The standard InChI is InChI=1S/C13H18N4O2/c18-13(19)11-12(15-5-4-14-11)17-8-7-16-6-2-1-3-10(16)9-17/h4-5,10H,1-3,6-9H2,(H,18,19). The fourth-order valence-corrected chi connectivity index (χ4v) is 3.06. The molecule has 3 heterocycles. The van der Waals surface area contributed by atoms with Crippen molar-refractivity contribution in [3.8, 4) is 0 Å². The summed E-state index contributed by atoms with van der Waals surface area (Å²) in [6, 6.07) is 0.533. The SMILES string of the molecule is O=C(O)c1nccnc1N1CCN2CCCCC2C1. The molecule has 2 saturated heterocycles. The predicted octanol–water partition coefficient (Wildman–Crippen LogP) is 0.849. The van der Waals surface area contributed by atoms with Gasteiger partial charge in [0, 0.05) is 38.1 Å². The number of hydrogen-bond donors (Lipinski definition) is 1. The molecule has 0 radical (unpaired) electrons. The van der Waals surface area contributed by atoms with Crippen LogP contribution in [0.15, 0.2) is 12.4 Å². The van der Waals surface area contributed by atoms with Crippen LogP contribution in [-0.2, 0) is 0 Å². The van der Waals surface area contributed by atoms with Crippen LogP contribution in [0, 0.1) is 0 Å². The minimum atomic E-state index is -1.01. The predicted molar refractivity (Wildman–Crippen MR) is 70.4 cm³/mol. The summed E-state index contributed by atoms with van der Waals surface area (Å²) < 4.78 is 0. The van der Waals surface area contributed by atoms with Crippen molar-refractivity contribution >= 4 is 11.8 Å². The maximum atomic E-state index is 11.2. The molecule has 2 fully saturated rings. The highest BCUT2D eigenvalue weighted by Gasteiger charge is 2.31. The highest BCUT2D eigenvalue weighted by atomic mass is 16.4. The molecule has 0 saturated carbocycles.